The highest BCUT2D eigenvalue weighted by Crippen LogP contribution is 2.18. The first-order valence-corrected chi connectivity index (χ1v) is 4.83. The van der Waals surface area contributed by atoms with Crippen molar-refractivity contribution in [2.45, 2.75) is 26.4 Å². The van der Waals surface area contributed by atoms with Gasteiger partial charge in [-0.25, -0.2) is 0 Å². The number of primary amides is 1. The molecule has 0 saturated heterocycles. The second-order valence-corrected chi connectivity index (χ2v) is 3.75. The third kappa shape index (κ3) is 3.85. The van der Waals surface area contributed by atoms with E-state index in [0.717, 1.165) is 0 Å². The Bertz CT molecular complexity index is 239. The molecule has 0 bridgehead atoms. The largest absolute Gasteiger partial charge is 0.381 e. The van der Waals surface area contributed by atoms with E-state index in [4.69, 9.17) is 16.6 Å². The molecule has 0 heterocycles. The second kappa shape index (κ2) is 5.67. The molecular weight excluding hydrogens is 198 g/mol. The number of rotatable bonds is 6. The SMILES string of the molecule is CCC(C)(CN)C(=O)NCC(O)C(N)=O. The maximum atomic E-state index is 11.6. The topological polar surface area (TPSA) is 118 Å². The highest BCUT2D eigenvalue weighted by molar-refractivity contribution is 5.84. The highest BCUT2D eigenvalue weighted by Gasteiger charge is 2.29. The number of aliphatic hydroxyl groups excluding tert-OH is 1. The number of nitrogens with one attached hydrogen (secondary N) is 1. The maximum Gasteiger partial charge on any atom is 0.248 e. The van der Waals surface area contributed by atoms with Gasteiger partial charge in [-0.15, -0.1) is 0 Å². The molecule has 0 radical (unpaired) electrons. The Morgan fingerprint density at radius 1 is 1.53 bits per heavy atom. The molecule has 6 nitrogen and oxygen atoms in total. The van der Waals surface area contributed by atoms with Crippen LogP contribution in [0.1, 0.15) is 20.3 Å². The Hall–Kier alpha value is -1.14. The lowest BCUT2D eigenvalue weighted by molar-refractivity contribution is -0.131. The molecule has 0 saturated carbocycles. The molecule has 0 aromatic carbocycles. The van der Waals surface area contributed by atoms with E-state index >= 15 is 0 Å². The van der Waals surface area contributed by atoms with E-state index in [1.807, 2.05) is 6.92 Å². The van der Waals surface area contributed by atoms with Crippen molar-refractivity contribution in [3.8, 4) is 0 Å². The molecule has 0 aromatic rings. The molecule has 0 spiro atoms. The molecular formula is C9H19N3O3. The summed E-state index contributed by atoms with van der Waals surface area (Å²) < 4.78 is 0. The van der Waals surface area contributed by atoms with Crippen molar-refractivity contribution in [1.82, 2.24) is 5.32 Å². The van der Waals surface area contributed by atoms with Crippen LogP contribution in [-0.2, 0) is 9.59 Å². The Morgan fingerprint density at radius 2 is 2.07 bits per heavy atom. The second-order valence-electron chi connectivity index (χ2n) is 3.75. The first-order valence-electron chi connectivity index (χ1n) is 4.83. The fourth-order valence-corrected chi connectivity index (χ4v) is 0.901. The lowest BCUT2D eigenvalue weighted by atomic mass is 9.86. The van der Waals surface area contributed by atoms with Crippen LogP contribution in [0.2, 0.25) is 0 Å². The van der Waals surface area contributed by atoms with E-state index in [-0.39, 0.29) is 19.0 Å². The number of carbonyl (C=O) groups excluding carboxylic acids is 2. The van der Waals surface area contributed by atoms with Gasteiger partial charge in [-0.1, -0.05) is 6.92 Å². The fraction of sp³-hybridized carbons (Fsp3) is 0.778. The van der Waals surface area contributed by atoms with Crippen molar-refractivity contribution in [2.24, 2.45) is 16.9 Å². The van der Waals surface area contributed by atoms with Crippen LogP contribution in [-0.4, -0.2) is 36.1 Å². The zero-order valence-electron chi connectivity index (χ0n) is 9.12. The van der Waals surface area contributed by atoms with Crippen molar-refractivity contribution in [3.63, 3.8) is 0 Å². The smallest absolute Gasteiger partial charge is 0.248 e. The highest BCUT2D eigenvalue weighted by atomic mass is 16.3. The summed E-state index contributed by atoms with van der Waals surface area (Å²) in [5.74, 6) is -1.14. The average molecular weight is 217 g/mol. The summed E-state index contributed by atoms with van der Waals surface area (Å²) in [4.78, 5) is 22.1. The minimum atomic E-state index is -1.35. The van der Waals surface area contributed by atoms with Crippen LogP contribution < -0.4 is 16.8 Å². The van der Waals surface area contributed by atoms with Gasteiger partial charge in [0.2, 0.25) is 11.8 Å². The molecule has 0 rings (SSSR count). The standard InChI is InChI=1S/C9H19N3O3/c1-3-9(2,5-10)8(15)12-4-6(13)7(11)14/h6,13H,3-5,10H2,1-2H3,(H2,11,14)(H,12,15). The summed E-state index contributed by atoms with van der Waals surface area (Å²) in [6.07, 6.45) is -0.769. The number of aliphatic hydroxyl groups is 1. The van der Waals surface area contributed by atoms with Gasteiger partial charge in [-0.3, -0.25) is 9.59 Å². The van der Waals surface area contributed by atoms with E-state index in [0.29, 0.717) is 6.42 Å². The monoisotopic (exact) mass is 217 g/mol. The van der Waals surface area contributed by atoms with Gasteiger partial charge in [-0.2, -0.15) is 0 Å². The van der Waals surface area contributed by atoms with Crippen LogP contribution >= 0.6 is 0 Å². The normalized spacial score (nSPS) is 16.5. The molecule has 2 unspecified atom stereocenters. The van der Waals surface area contributed by atoms with Gasteiger partial charge < -0.3 is 21.9 Å². The van der Waals surface area contributed by atoms with Gasteiger partial charge in [-0.05, 0) is 13.3 Å². The van der Waals surface area contributed by atoms with Gasteiger partial charge in [0.25, 0.3) is 0 Å². The van der Waals surface area contributed by atoms with E-state index < -0.39 is 17.4 Å². The number of carbonyl (C=O) groups is 2. The summed E-state index contributed by atoms with van der Waals surface area (Å²) >= 11 is 0. The van der Waals surface area contributed by atoms with Crippen molar-refractivity contribution < 1.29 is 14.7 Å². The molecule has 0 aliphatic rings. The van der Waals surface area contributed by atoms with Crippen LogP contribution in [0.3, 0.4) is 0 Å². The molecule has 6 heteroatoms. The van der Waals surface area contributed by atoms with Crippen LogP contribution in [0.4, 0.5) is 0 Å². The minimum absolute atomic E-state index is 0.177. The van der Waals surface area contributed by atoms with E-state index in [1.54, 1.807) is 6.92 Å². The van der Waals surface area contributed by atoms with Crippen molar-refractivity contribution in [3.05, 3.63) is 0 Å². The molecule has 0 aromatic heterocycles. The Labute approximate surface area is 89.0 Å². The summed E-state index contributed by atoms with van der Waals surface area (Å²) in [6.45, 7) is 3.60. The predicted octanol–water partition coefficient (Wildman–Crippen LogP) is -1.68. The van der Waals surface area contributed by atoms with E-state index in [1.165, 1.54) is 0 Å². The summed E-state index contributed by atoms with van der Waals surface area (Å²) in [5, 5.41) is 11.5. The van der Waals surface area contributed by atoms with Crippen LogP contribution in [0.25, 0.3) is 0 Å². The van der Waals surface area contributed by atoms with Crippen molar-refractivity contribution in [2.75, 3.05) is 13.1 Å². The molecule has 6 N–H and O–H groups in total. The Balaban J connectivity index is 4.19. The molecule has 0 aliphatic carbocycles. The van der Waals surface area contributed by atoms with Gasteiger partial charge in [0, 0.05) is 6.54 Å². The average Bonchev–Trinajstić information content (AvgIpc) is 2.23. The molecule has 0 aliphatic heterocycles. The zero-order chi connectivity index (χ0) is 12.1. The summed E-state index contributed by atoms with van der Waals surface area (Å²) in [6, 6.07) is 0. The first kappa shape index (κ1) is 13.9. The first-order chi connectivity index (χ1) is 6.87. The predicted molar refractivity (Wildman–Crippen MR) is 55.7 cm³/mol. The number of hydrogen-bond donors (Lipinski definition) is 4. The van der Waals surface area contributed by atoms with Crippen LogP contribution in [0.5, 0.6) is 0 Å². The lowest BCUT2D eigenvalue weighted by Crippen LogP contribution is -2.47. The van der Waals surface area contributed by atoms with E-state index in [2.05, 4.69) is 5.32 Å². The molecule has 2 amide bonds. The van der Waals surface area contributed by atoms with Gasteiger partial charge in [0.15, 0.2) is 0 Å². The number of amides is 2. The van der Waals surface area contributed by atoms with Gasteiger partial charge >= 0.3 is 0 Å². The van der Waals surface area contributed by atoms with Gasteiger partial charge in [0.05, 0.1) is 12.0 Å². The third-order valence-corrected chi connectivity index (χ3v) is 2.56. The summed E-state index contributed by atoms with van der Waals surface area (Å²) in [7, 11) is 0. The van der Waals surface area contributed by atoms with Crippen molar-refractivity contribution >= 4 is 11.8 Å². The molecule has 15 heavy (non-hydrogen) atoms. The quantitative estimate of drug-likeness (QED) is 0.425. The van der Waals surface area contributed by atoms with Crippen molar-refractivity contribution in [1.29, 1.82) is 0 Å². The fourth-order valence-electron chi connectivity index (χ4n) is 0.901. The minimum Gasteiger partial charge on any atom is -0.381 e. The van der Waals surface area contributed by atoms with Crippen LogP contribution in [0.15, 0.2) is 0 Å². The maximum absolute atomic E-state index is 11.6. The lowest BCUT2D eigenvalue weighted by Gasteiger charge is -2.25. The van der Waals surface area contributed by atoms with Gasteiger partial charge in [0.1, 0.15) is 6.10 Å². The summed E-state index contributed by atoms with van der Waals surface area (Å²) in [5.41, 5.74) is 9.63. The molecule has 2 atom stereocenters. The number of nitrogens with two attached hydrogens (primary N) is 2. The molecule has 88 valence electrons. The third-order valence-electron chi connectivity index (χ3n) is 2.56. The Kier molecular flexibility index (Phi) is 5.24. The van der Waals surface area contributed by atoms with E-state index in [9.17, 15) is 9.59 Å². The van der Waals surface area contributed by atoms with Crippen LogP contribution in [0, 0.1) is 5.41 Å². The number of hydrogen-bond acceptors (Lipinski definition) is 4. The zero-order valence-corrected chi connectivity index (χ0v) is 9.12. The Morgan fingerprint density at radius 3 is 2.40 bits per heavy atom. The molecule has 0 fully saturated rings.